The first-order chi connectivity index (χ1) is 17.4. The predicted molar refractivity (Wildman–Crippen MR) is 125 cm³/mol. The standard InChI is InChI=1S/C25H24O12/c26-15-5-1-13(11-17(15)28)3-7-20(30)36-19-9-10-25(24(34)35,23(33)22(19)32)37-21(31)8-4-14-2-6-16(27)18(29)12-14/h1-8,11-12,19,22-23,26-29,32-33H,9-10H2,(H,34,35)/b7-3+,8-4+/t19-,22-,23+,25+/m1/s1. The van der Waals surface area contributed by atoms with E-state index in [4.69, 9.17) is 9.47 Å². The molecule has 1 aliphatic rings. The van der Waals surface area contributed by atoms with Crippen LogP contribution in [0.4, 0.5) is 0 Å². The van der Waals surface area contributed by atoms with Crippen LogP contribution in [-0.2, 0) is 23.9 Å². The second-order valence-corrected chi connectivity index (χ2v) is 8.23. The number of benzene rings is 2. The Labute approximate surface area is 209 Å². The molecule has 0 saturated heterocycles. The Morgan fingerprint density at radius 2 is 1.32 bits per heavy atom. The number of phenolic OH excluding ortho intramolecular Hbond substituents is 4. The Balaban J connectivity index is 1.66. The Morgan fingerprint density at radius 3 is 1.81 bits per heavy atom. The molecule has 12 nitrogen and oxygen atoms in total. The van der Waals surface area contributed by atoms with E-state index in [-0.39, 0.29) is 23.5 Å². The summed E-state index contributed by atoms with van der Waals surface area (Å²) in [5.74, 6) is -5.41. The number of aliphatic carboxylic acids is 1. The molecule has 0 unspecified atom stereocenters. The van der Waals surface area contributed by atoms with Crippen LogP contribution < -0.4 is 0 Å². The van der Waals surface area contributed by atoms with E-state index < -0.39 is 59.7 Å². The highest BCUT2D eigenvalue weighted by molar-refractivity contribution is 5.91. The number of carboxylic acids is 1. The number of esters is 2. The van der Waals surface area contributed by atoms with Crippen LogP contribution in [0.25, 0.3) is 12.2 Å². The number of carbonyl (C=O) groups excluding carboxylic acids is 2. The van der Waals surface area contributed by atoms with Gasteiger partial charge in [0.1, 0.15) is 18.3 Å². The van der Waals surface area contributed by atoms with Gasteiger partial charge in [-0.25, -0.2) is 14.4 Å². The zero-order valence-electron chi connectivity index (χ0n) is 19.1. The number of rotatable bonds is 7. The van der Waals surface area contributed by atoms with Gasteiger partial charge < -0.3 is 45.2 Å². The number of ether oxygens (including phenoxy) is 2. The summed E-state index contributed by atoms with van der Waals surface area (Å²) >= 11 is 0. The number of carboxylic acid groups (broad SMARTS) is 1. The van der Waals surface area contributed by atoms with E-state index in [2.05, 4.69) is 0 Å². The molecule has 7 N–H and O–H groups in total. The normalized spacial score (nSPS) is 23.7. The maximum atomic E-state index is 12.3. The second kappa shape index (κ2) is 11.0. The minimum Gasteiger partial charge on any atom is -0.504 e. The third kappa shape index (κ3) is 6.18. The molecule has 12 heteroatoms. The van der Waals surface area contributed by atoms with Crippen molar-refractivity contribution in [1.29, 1.82) is 0 Å². The van der Waals surface area contributed by atoms with Crippen molar-refractivity contribution in [1.82, 2.24) is 0 Å². The number of aliphatic hydroxyl groups is 2. The number of carbonyl (C=O) groups is 3. The van der Waals surface area contributed by atoms with E-state index in [1.54, 1.807) is 0 Å². The topological polar surface area (TPSA) is 211 Å². The zero-order chi connectivity index (χ0) is 27.3. The average molecular weight is 516 g/mol. The number of phenols is 4. The molecule has 37 heavy (non-hydrogen) atoms. The van der Waals surface area contributed by atoms with E-state index in [9.17, 15) is 50.1 Å². The largest absolute Gasteiger partial charge is 0.504 e. The molecule has 0 spiro atoms. The van der Waals surface area contributed by atoms with Gasteiger partial charge in [0.2, 0.25) is 5.60 Å². The van der Waals surface area contributed by atoms with Gasteiger partial charge in [0.25, 0.3) is 0 Å². The SMILES string of the molecule is O=C(/C=C/c1ccc(O)c(O)c1)O[C@@H]1CC[C@@](OC(=O)/C=C/c2ccc(O)c(O)c2)(C(=O)O)[C@@H](O)[C@@H]1O. The second-order valence-electron chi connectivity index (χ2n) is 8.23. The van der Waals surface area contributed by atoms with Crippen LogP contribution in [0.2, 0.25) is 0 Å². The summed E-state index contributed by atoms with van der Waals surface area (Å²) in [6.45, 7) is 0. The van der Waals surface area contributed by atoms with Crippen molar-refractivity contribution >= 4 is 30.1 Å². The molecule has 1 saturated carbocycles. The van der Waals surface area contributed by atoms with Gasteiger partial charge in [-0.2, -0.15) is 0 Å². The molecular weight excluding hydrogens is 492 g/mol. The van der Waals surface area contributed by atoms with Crippen molar-refractivity contribution in [3.63, 3.8) is 0 Å². The molecule has 4 atom stereocenters. The molecule has 1 fully saturated rings. The van der Waals surface area contributed by atoms with Crippen molar-refractivity contribution in [2.75, 3.05) is 0 Å². The van der Waals surface area contributed by atoms with Gasteiger partial charge in [0.05, 0.1) is 0 Å². The first kappa shape index (κ1) is 27.0. The fourth-order valence-electron chi connectivity index (χ4n) is 3.69. The summed E-state index contributed by atoms with van der Waals surface area (Å²) in [4.78, 5) is 36.5. The maximum absolute atomic E-state index is 12.3. The third-order valence-electron chi connectivity index (χ3n) is 5.72. The minimum absolute atomic E-state index is 0.271. The van der Waals surface area contributed by atoms with E-state index in [1.807, 2.05) is 0 Å². The molecule has 3 rings (SSSR count). The Morgan fingerprint density at radius 1 is 0.811 bits per heavy atom. The first-order valence-corrected chi connectivity index (χ1v) is 10.9. The van der Waals surface area contributed by atoms with Crippen molar-refractivity contribution < 1.29 is 59.6 Å². The molecule has 0 aromatic heterocycles. The third-order valence-corrected chi connectivity index (χ3v) is 5.72. The van der Waals surface area contributed by atoms with Crippen LogP contribution in [0.15, 0.2) is 48.6 Å². The molecule has 0 bridgehead atoms. The van der Waals surface area contributed by atoms with Gasteiger partial charge >= 0.3 is 17.9 Å². The van der Waals surface area contributed by atoms with Crippen LogP contribution in [-0.4, -0.2) is 77.6 Å². The Kier molecular flexibility index (Phi) is 8.05. The summed E-state index contributed by atoms with van der Waals surface area (Å²) in [7, 11) is 0. The Hall–Kier alpha value is -4.55. The number of hydrogen-bond donors (Lipinski definition) is 7. The molecule has 0 amide bonds. The monoisotopic (exact) mass is 516 g/mol. The van der Waals surface area contributed by atoms with E-state index >= 15 is 0 Å². The van der Waals surface area contributed by atoms with Crippen molar-refractivity contribution in [3.05, 3.63) is 59.7 Å². The lowest BCUT2D eigenvalue weighted by Gasteiger charge is -2.42. The molecule has 0 radical (unpaired) electrons. The molecule has 2 aromatic rings. The van der Waals surface area contributed by atoms with E-state index in [0.29, 0.717) is 5.56 Å². The predicted octanol–water partition coefficient (Wildman–Crippen LogP) is 1.03. The van der Waals surface area contributed by atoms with Gasteiger partial charge in [-0.05, 0) is 54.0 Å². The Bertz CT molecular complexity index is 1250. The summed E-state index contributed by atoms with van der Waals surface area (Å²) in [5, 5.41) is 68.4. The smallest absolute Gasteiger partial charge is 0.351 e. The van der Waals surface area contributed by atoms with E-state index in [0.717, 1.165) is 18.2 Å². The first-order valence-electron chi connectivity index (χ1n) is 10.9. The quantitative estimate of drug-likeness (QED) is 0.156. The number of hydrogen-bond acceptors (Lipinski definition) is 11. The summed E-state index contributed by atoms with van der Waals surface area (Å²) < 4.78 is 10.1. The summed E-state index contributed by atoms with van der Waals surface area (Å²) in [5.41, 5.74) is -1.90. The molecule has 1 aliphatic carbocycles. The highest BCUT2D eigenvalue weighted by Crippen LogP contribution is 2.35. The molecule has 196 valence electrons. The van der Waals surface area contributed by atoms with Crippen LogP contribution >= 0.6 is 0 Å². The molecule has 0 aliphatic heterocycles. The molecule has 2 aromatic carbocycles. The van der Waals surface area contributed by atoms with Crippen LogP contribution in [0.3, 0.4) is 0 Å². The maximum Gasteiger partial charge on any atom is 0.351 e. The van der Waals surface area contributed by atoms with Crippen molar-refractivity contribution in [2.24, 2.45) is 0 Å². The van der Waals surface area contributed by atoms with Gasteiger partial charge in [-0.1, -0.05) is 12.1 Å². The molecule has 0 heterocycles. The van der Waals surface area contributed by atoms with Crippen LogP contribution in [0, 0.1) is 0 Å². The minimum atomic E-state index is -2.53. The lowest BCUT2D eigenvalue weighted by atomic mass is 9.78. The van der Waals surface area contributed by atoms with Crippen LogP contribution in [0.1, 0.15) is 24.0 Å². The fourth-order valence-corrected chi connectivity index (χ4v) is 3.69. The summed E-state index contributed by atoms with van der Waals surface area (Å²) in [6, 6.07) is 7.48. The zero-order valence-corrected chi connectivity index (χ0v) is 19.1. The lowest BCUT2D eigenvalue weighted by Crippen LogP contribution is -2.63. The van der Waals surface area contributed by atoms with Gasteiger partial charge in [-0.3, -0.25) is 0 Å². The highest BCUT2D eigenvalue weighted by atomic mass is 16.6. The lowest BCUT2D eigenvalue weighted by molar-refractivity contribution is -0.222. The highest BCUT2D eigenvalue weighted by Gasteiger charge is 2.57. The van der Waals surface area contributed by atoms with E-state index in [1.165, 1.54) is 42.5 Å². The van der Waals surface area contributed by atoms with Gasteiger partial charge in [-0.15, -0.1) is 0 Å². The fraction of sp³-hybridized carbons (Fsp3) is 0.240. The average Bonchev–Trinajstić information content (AvgIpc) is 2.85. The number of aromatic hydroxyl groups is 4. The van der Waals surface area contributed by atoms with Crippen LogP contribution in [0.5, 0.6) is 23.0 Å². The van der Waals surface area contributed by atoms with Crippen molar-refractivity contribution in [3.8, 4) is 23.0 Å². The van der Waals surface area contributed by atoms with Gasteiger partial charge in [0, 0.05) is 18.6 Å². The van der Waals surface area contributed by atoms with Gasteiger partial charge in [0.15, 0.2) is 23.0 Å². The summed E-state index contributed by atoms with van der Waals surface area (Å²) in [6.07, 6.45) is -1.90. The molecular formula is C25H24O12. The van der Waals surface area contributed by atoms with Crippen molar-refractivity contribution in [2.45, 2.75) is 36.8 Å². The number of aliphatic hydroxyl groups excluding tert-OH is 2.